The Morgan fingerprint density at radius 2 is 1.38 bits per heavy atom. The van der Waals surface area contributed by atoms with E-state index in [9.17, 15) is 9.90 Å². The van der Waals surface area contributed by atoms with Crippen molar-refractivity contribution in [3.63, 3.8) is 0 Å². The predicted molar refractivity (Wildman–Crippen MR) is 97.3 cm³/mol. The van der Waals surface area contributed by atoms with Gasteiger partial charge in [0, 0.05) is 0 Å². The van der Waals surface area contributed by atoms with Gasteiger partial charge in [-0.2, -0.15) is 0 Å². The summed E-state index contributed by atoms with van der Waals surface area (Å²) >= 11 is 0. The van der Waals surface area contributed by atoms with E-state index in [1.165, 1.54) is 0 Å². The highest BCUT2D eigenvalue weighted by atomic mass is 16.5. The lowest BCUT2D eigenvalue weighted by Crippen LogP contribution is -2.19. The minimum absolute atomic E-state index is 0.694. The van der Waals surface area contributed by atoms with E-state index in [0.29, 0.717) is 0 Å². The second-order valence-electron chi connectivity index (χ2n) is 6.67. The van der Waals surface area contributed by atoms with Gasteiger partial charge in [0.2, 0.25) is 0 Å². The zero-order valence-electron chi connectivity index (χ0n) is 15.6. The molecule has 0 aliphatic heterocycles. The summed E-state index contributed by atoms with van der Waals surface area (Å²) in [7, 11) is 1.63. The van der Waals surface area contributed by atoms with Gasteiger partial charge in [0.15, 0.2) is 0 Å². The summed E-state index contributed by atoms with van der Waals surface area (Å²) < 4.78 is 5.52. The van der Waals surface area contributed by atoms with E-state index in [1.54, 1.807) is 7.11 Å². The van der Waals surface area contributed by atoms with Gasteiger partial charge < -0.3 is 9.84 Å². The smallest absolute Gasteiger partial charge is 0.315 e. The van der Waals surface area contributed by atoms with E-state index in [1.807, 2.05) is 59.7 Å². The molecule has 0 spiro atoms. The van der Waals surface area contributed by atoms with Gasteiger partial charge in [0.25, 0.3) is 0 Å². The first-order valence-electron chi connectivity index (χ1n) is 8.14. The Morgan fingerprint density at radius 3 is 1.83 bits per heavy atom. The molecule has 0 saturated heterocycles. The van der Waals surface area contributed by atoms with Crippen molar-refractivity contribution in [1.29, 1.82) is 0 Å². The molecule has 0 fully saturated rings. The number of carbonyl (C=O) groups is 1. The first kappa shape index (κ1) is 18.1. The molecule has 128 valence electrons. The van der Waals surface area contributed by atoms with Crippen molar-refractivity contribution in [2.75, 3.05) is 7.11 Å². The molecule has 0 aromatic heterocycles. The second kappa shape index (κ2) is 6.68. The number of carboxylic acid groups (broad SMARTS) is 1. The van der Waals surface area contributed by atoms with Crippen LogP contribution in [0.1, 0.15) is 50.4 Å². The molecule has 0 radical (unpaired) electrons. The molecular formula is C21H26O3. The first-order chi connectivity index (χ1) is 11.2. The molecule has 0 heterocycles. The maximum absolute atomic E-state index is 12.2. The third kappa shape index (κ3) is 3.03. The molecule has 2 aromatic rings. The van der Waals surface area contributed by atoms with E-state index in [-0.39, 0.29) is 0 Å². The van der Waals surface area contributed by atoms with Crippen molar-refractivity contribution < 1.29 is 14.6 Å². The second-order valence-corrected chi connectivity index (χ2v) is 6.67. The Balaban J connectivity index is 2.83. The highest BCUT2D eigenvalue weighted by Crippen LogP contribution is 2.39. The van der Waals surface area contributed by atoms with Crippen LogP contribution in [0, 0.1) is 41.5 Å². The molecule has 2 rings (SSSR count). The Labute approximate surface area is 144 Å². The van der Waals surface area contributed by atoms with E-state index in [0.717, 1.165) is 50.3 Å². The standard InChI is InChI=1S/C21H26O3/c1-11-8-12(2)17(13(3)9-11)19(21(22)23)18-14(4)10-15(5)20(24-7)16(18)6/h8-10,19H,1-7H3,(H,22,23). The van der Waals surface area contributed by atoms with Crippen LogP contribution in [-0.4, -0.2) is 18.2 Å². The summed E-state index contributed by atoms with van der Waals surface area (Å²) in [6.45, 7) is 11.9. The lowest BCUT2D eigenvalue weighted by atomic mass is 9.80. The Kier molecular flexibility index (Phi) is 5.02. The Morgan fingerprint density at radius 1 is 0.875 bits per heavy atom. The summed E-state index contributed by atoms with van der Waals surface area (Å²) in [5.74, 6) is -0.758. The maximum Gasteiger partial charge on any atom is 0.315 e. The van der Waals surface area contributed by atoms with Crippen LogP contribution < -0.4 is 4.74 Å². The average molecular weight is 326 g/mol. The van der Waals surface area contributed by atoms with Gasteiger partial charge in [-0.3, -0.25) is 4.79 Å². The Hall–Kier alpha value is -2.29. The van der Waals surface area contributed by atoms with Crippen molar-refractivity contribution in [1.82, 2.24) is 0 Å². The summed E-state index contributed by atoms with van der Waals surface area (Å²) in [6.07, 6.45) is 0. The number of hydrogen-bond donors (Lipinski definition) is 1. The molecule has 1 N–H and O–H groups in total. The van der Waals surface area contributed by atoms with Crippen molar-refractivity contribution >= 4 is 5.97 Å². The average Bonchev–Trinajstić information content (AvgIpc) is 2.44. The number of hydrogen-bond acceptors (Lipinski definition) is 2. The van der Waals surface area contributed by atoms with Crippen LogP contribution in [0.25, 0.3) is 0 Å². The van der Waals surface area contributed by atoms with Gasteiger partial charge in [-0.25, -0.2) is 0 Å². The summed E-state index contributed by atoms with van der Waals surface area (Å²) in [5, 5.41) is 10.0. The normalized spacial score (nSPS) is 12.1. The third-order valence-corrected chi connectivity index (χ3v) is 4.73. The van der Waals surface area contributed by atoms with Crippen LogP contribution in [0.15, 0.2) is 18.2 Å². The molecule has 3 nitrogen and oxygen atoms in total. The number of methoxy groups -OCH3 is 1. The van der Waals surface area contributed by atoms with E-state index < -0.39 is 11.9 Å². The lowest BCUT2D eigenvalue weighted by Gasteiger charge is -2.24. The number of aryl methyl sites for hydroxylation is 5. The summed E-state index contributed by atoms with van der Waals surface area (Å²) in [5.41, 5.74) is 7.80. The maximum atomic E-state index is 12.2. The number of ether oxygens (including phenoxy) is 1. The summed E-state index contributed by atoms with van der Waals surface area (Å²) in [6, 6.07) is 6.11. The minimum atomic E-state index is -0.831. The fourth-order valence-corrected chi connectivity index (χ4v) is 3.98. The molecule has 1 unspecified atom stereocenters. The third-order valence-electron chi connectivity index (χ3n) is 4.73. The molecule has 1 atom stereocenters. The lowest BCUT2D eigenvalue weighted by molar-refractivity contribution is -0.137. The van der Waals surface area contributed by atoms with Crippen LogP contribution in [0.3, 0.4) is 0 Å². The quantitative estimate of drug-likeness (QED) is 0.881. The number of aliphatic carboxylic acids is 1. The van der Waals surface area contributed by atoms with Crippen molar-refractivity contribution in [2.45, 2.75) is 47.5 Å². The highest BCUT2D eigenvalue weighted by Gasteiger charge is 2.30. The Bertz CT molecular complexity index is 780. The molecule has 0 aliphatic carbocycles. The van der Waals surface area contributed by atoms with E-state index >= 15 is 0 Å². The SMILES string of the molecule is COc1c(C)cc(C)c(C(C(=O)O)c2c(C)cc(C)cc2C)c1C. The van der Waals surface area contributed by atoms with Crippen molar-refractivity contribution in [3.8, 4) is 5.75 Å². The van der Waals surface area contributed by atoms with Gasteiger partial charge in [-0.05, 0) is 80.5 Å². The molecule has 24 heavy (non-hydrogen) atoms. The number of benzene rings is 2. The van der Waals surface area contributed by atoms with Crippen molar-refractivity contribution in [3.05, 3.63) is 62.7 Å². The monoisotopic (exact) mass is 326 g/mol. The zero-order chi connectivity index (χ0) is 18.2. The summed E-state index contributed by atoms with van der Waals surface area (Å²) in [4.78, 5) is 12.2. The highest BCUT2D eigenvalue weighted by molar-refractivity contribution is 5.83. The number of carboxylic acids is 1. The zero-order valence-corrected chi connectivity index (χ0v) is 15.6. The van der Waals surface area contributed by atoms with Crippen LogP contribution >= 0.6 is 0 Å². The minimum Gasteiger partial charge on any atom is -0.496 e. The van der Waals surface area contributed by atoms with Crippen LogP contribution in [0.4, 0.5) is 0 Å². The molecule has 0 amide bonds. The predicted octanol–water partition coefficient (Wildman–Crippen LogP) is 4.76. The molecule has 0 aliphatic rings. The van der Waals surface area contributed by atoms with Gasteiger partial charge in [0.1, 0.15) is 11.7 Å². The van der Waals surface area contributed by atoms with Gasteiger partial charge >= 0.3 is 5.97 Å². The van der Waals surface area contributed by atoms with Gasteiger partial charge in [0.05, 0.1) is 7.11 Å². The molecule has 0 saturated carbocycles. The molecule has 3 heteroatoms. The molecule has 0 bridgehead atoms. The van der Waals surface area contributed by atoms with Gasteiger partial charge in [-0.15, -0.1) is 0 Å². The van der Waals surface area contributed by atoms with Crippen LogP contribution in [0.2, 0.25) is 0 Å². The van der Waals surface area contributed by atoms with Gasteiger partial charge in [-0.1, -0.05) is 23.8 Å². The topological polar surface area (TPSA) is 46.5 Å². The number of rotatable bonds is 4. The van der Waals surface area contributed by atoms with Crippen molar-refractivity contribution in [2.24, 2.45) is 0 Å². The fourth-order valence-electron chi connectivity index (χ4n) is 3.98. The first-order valence-corrected chi connectivity index (χ1v) is 8.14. The van der Waals surface area contributed by atoms with Crippen LogP contribution in [0.5, 0.6) is 5.75 Å². The molecule has 2 aromatic carbocycles. The fraction of sp³-hybridized carbons (Fsp3) is 0.381. The van der Waals surface area contributed by atoms with E-state index in [2.05, 4.69) is 0 Å². The molecular weight excluding hydrogens is 300 g/mol. The largest absolute Gasteiger partial charge is 0.496 e. The van der Waals surface area contributed by atoms with Crippen LogP contribution in [-0.2, 0) is 4.79 Å². The van der Waals surface area contributed by atoms with E-state index in [4.69, 9.17) is 4.74 Å².